The lowest BCUT2D eigenvalue weighted by Crippen LogP contribution is -2.05. The molecule has 0 aliphatic carbocycles. The third kappa shape index (κ3) is 3.14. The Kier molecular flexibility index (Phi) is 4.62. The normalized spacial score (nSPS) is 12.4. The highest BCUT2D eigenvalue weighted by molar-refractivity contribution is 6.22. The van der Waals surface area contributed by atoms with Crippen LogP contribution in [0.3, 0.4) is 0 Å². The molecule has 1 aliphatic rings. The minimum atomic E-state index is 0.830. The molecular formula is C40H24N2O2. The smallest absolute Gasteiger partial charge is 0.153 e. The van der Waals surface area contributed by atoms with Crippen LogP contribution in [0.25, 0.3) is 82.5 Å². The number of nitrogens with zero attached hydrogens (tertiary/aromatic N) is 2. The van der Waals surface area contributed by atoms with Gasteiger partial charge in [0, 0.05) is 10.8 Å². The Labute approximate surface area is 252 Å². The van der Waals surface area contributed by atoms with Gasteiger partial charge in [-0.1, -0.05) is 84.9 Å². The molecule has 7 aromatic carbocycles. The van der Waals surface area contributed by atoms with Gasteiger partial charge in [-0.15, -0.1) is 0 Å². The van der Waals surface area contributed by atoms with Crippen LogP contribution in [0.15, 0.2) is 132 Å². The summed E-state index contributed by atoms with van der Waals surface area (Å²) in [5.74, 6) is 2.61. The molecule has 10 rings (SSSR count). The largest absolute Gasteiger partial charge is 0.456 e. The van der Waals surface area contributed by atoms with Crippen molar-refractivity contribution in [3.05, 3.63) is 133 Å². The van der Waals surface area contributed by atoms with Crippen LogP contribution in [0.1, 0.15) is 5.82 Å². The van der Waals surface area contributed by atoms with Crippen molar-refractivity contribution in [1.29, 1.82) is 0 Å². The van der Waals surface area contributed by atoms with Crippen molar-refractivity contribution < 1.29 is 9.15 Å². The molecule has 0 amide bonds. The Morgan fingerprint density at radius 1 is 0.523 bits per heavy atom. The Bertz CT molecular complexity index is 2600. The van der Waals surface area contributed by atoms with E-state index in [9.17, 15) is 0 Å². The fourth-order valence-electron chi connectivity index (χ4n) is 7.28. The van der Waals surface area contributed by atoms with Crippen molar-refractivity contribution in [2.75, 3.05) is 0 Å². The first kappa shape index (κ1) is 23.7. The maximum atomic E-state index is 6.54. The van der Waals surface area contributed by atoms with Gasteiger partial charge in [0.1, 0.15) is 22.5 Å². The van der Waals surface area contributed by atoms with Crippen LogP contribution in [0, 0.1) is 6.92 Å². The number of furan rings is 1. The van der Waals surface area contributed by atoms with Gasteiger partial charge < -0.3 is 9.15 Å². The average Bonchev–Trinajstić information content (AvgIpc) is 3.61. The first-order valence-corrected chi connectivity index (χ1v) is 14.9. The van der Waals surface area contributed by atoms with Crippen LogP contribution in [0.5, 0.6) is 11.5 Å². The number of rotatable bonds is 2. The summed E-state index contributed by atoms with van der Waals surface area (Å²) in [6, 6.07) is 45.0. The second-order valence-corrected chi connectivity index (χ2v) is 11.6. The van der Waals surface area contributed by atoms with Gasteiger partial charge in [0.25, 0.3) is 0 Å². The standard InChI is InChI=1S/C40H24N2O2/c1-23-41-32-14-8-16-35-40(32)42(23)33-20-18-25(22-37(33)44-35)39-30-12-4-2-10-28(30)38(29-11-3-5-13-31(29)39)24-17-19-27-26-9-6-7-15-34(26)43-36(27)21-24/h2-22H,1H3. The van der Waals surface area contributed by atoms with E-state index in [1.807, 2.05) is 30.3 Å². The maximum Gasteiger partial charge on any atom is 0.153 e. The molecule has 0 atom stereocenters. The zero-order valence-corrected chi connectivity index (χ0v) is 23.8. The summed E-state index contributed by atoms with van der Waals surface area (Å²) in [5.41, 5.74) is 9.45. The van der Waals surface area contributed by atoms with Gasteiger partial charge in [0.15, 0.2) is 11.5 Å². The molecule has 2 aromatic heterocycles. The van der Waals surface area contributed by atoms with E-state index >= 15 is 0 Å². The number of fused-ring (bicyclic) bond motifs is 7. The van der Waals surface area contributed by atoms with E-state index in [-0.39, 0.29) is 0 Å². The lowest BCUT2D eigenvalue weighted by molar-refractivity contribution is 0.475. The zero-order valence-electron chi connectivity index (χ0n) is 23.8. The Balaban J connectivity index is 1.23. The van der Waals surface area contributed by atoms with Crippen LogP contribution < -0.4 is 4.74 Å². The summed E-state index contributed by atoms with van der Waals surface area (Å²) < 4.78 is 15.1. The van der Waals surface area contributed by atoms with E-state index in [1.54, 1.807) is 0 Å². The van der Waals surface area contributed by atoms with Crippen molar-refractivity contribution in [1.82, 2.24) is 9.55 Å². The molecule has 0 bridgehead atoms. The third-order valence-electron chi connectivity index (χ3n) is 9.12. The van der Waals surface area contributed by atoms with Crippen molar-refractivity contribution in [2.45, 2.75) is 6.92 Å². The quantitative estimate of drug-likeness (QED) is 0.196. The predicted molar refractivity (Wildman–Crippen MR) is 179 cm³/mol. The number of imidazole rings is 1. The van der Waals surface area contributed by atoms with Gasteiger partial charge in [0.05, 0.1) is 11.2 Å². The lowest BCUT2D eigenvalue weighted by atomic mass is 9.85. The van der Waals surface area contributed by atoms with Gasteiger partial charge in [-0.2, -0.15) is 0 Å². The molecule has 4 heteroatoms. The molecule has 0 radical (unpaired) electrons. The third-order valence-corrected chi connectivity index (χ3v) is 9.12. The highest BCUT2D eigenvalue weighted by Crippen LogP contribution is 2.47. The number of hydrogen-bond acceptors (Lipinski definition) is 3. The second kappa shape index (κ2) is 8.59. The van der Waals surface area contributed by atoms with E-state index in [0.29, 0.717) is 0 Å². The molecule has 0 saturated carbocycles. The molecule has 0 unspecified atom stereocenters. The van der Waals surface area contributed by atoms with Crippen LogP contribution in [-0.2, 0) is 0 Å². The minimum absolute atomic E-state index is 0.830. The average molecular weight is 565 g/mol. The number of para-hydroxylation sites is 2. The highest BCUT2D eigenvalue weighted by atomic mass is 16.5. The van der Waals surface area contributed by atoms with Crippen LogP contribution in [0.4, 0.5) is 0 Å². The second-order valence-electron chi connectivity index (χ2n) is 11.6. The topological polar surface area (TPSA) is 40.2 Å². The first-order chi connectivity index (χ1) is 21.7. The Hall–Kier alpha value is -5.87. The number of hydrogen-bond donors (Lipinski definition) is 0. The summed E-state index contributed by atoms with van der Waals surface area (Å²) >= 11 is 0. The Morgan fingerprint density at radius 2 is 1.14 bits per heavy atom. The highest BCUT2D eigenvalue weighted by Gasteiger charge is 2.24. The van der Waals surface area contributed by atoms with Gasteiger partial charge in [-0.3, -0.25) is 4.57 Å². The van der Waals surface area contributed by atoms with Crippen LogP contribution in [0.2, 0.25) is 0 Å². The SMILES string of the molecule is Cc1nc2cccc3c2n1-c1ccc(-c2c4ccccc4c(-c4ccc5c(c4)oc4ccccc45)c4ccccc24)cc1O3. The summed E-state index contributed by atoms with van der Waals surface area (Å²) in [6.07, 6.45) is 0. The molecule has 9 aromatic rings. The van der Waals surface area contributed by atoms with Crippen molar-refractivity contribution in [2.24, 2.45) is 0 Å². The minimum Gasteiger partial charge on any atom is -0.456 e. The van der Waals surface area contributed by atoms with E-state index in [1.165, 1.54) is 32.7 Å². The van der Waals surface area contributed by atoms with E-state index in [4.69, 9.17) is 14.1 Å². The van der Waals surface area contributed by atoms with Crippen LogP contribution in [-0.4, -0.2) is 9.55 Å². The molecule has 4 nitrogen and oxygen atoms in total. The lowest BCUT2D eigenvalue weighted by Gasteiger charge is -2.22. The molecule has 0 spiro atoms. The number of ether oxygens (including phenoxy) is 1. The fourth-order valence-corrected chi connectivity index (χ4v) is 7.28. The Morgan fingerprint density at radius 3 is 1.86 bits per heavy atom. The van der Waals surface area contributed by atoms with E-state index in [0.717, 1.165) is 67.1 Å². The number of aromatic nitrogens is 2. The first-order valence-electron chi connectivity index (χ1n) is 14.9. The maximum absolute atomic E-state index is 6.54. The van der Waals surface area contributed by atoms with Gasteiger partial charge in [0.2, 0.25) is 0 Å². The molecule has 3 heterocycles. The van der Waals surface area contributed by atoms with Gasteiger partial charge in [-0.25, -0.2) is 4.98 Å². The van der Waals surface area contributed by atoms with Crippen molar-refractivity contribution in [3.63, 3.8) is 0 Å². The molecule has 206 valence electrons. The van der Waals surface area contributed by atoms with Crippen LogP contribution >= 0.6 is 0 Å². The zero-order chi connectivity index (χ0) is 28.9. The molecular weight excluding hydrogens is 540 g/mol. The molecule has 44 heavy (non-hydrogen) atoms. The molecule has 0 fully saturated rings. The fraction of sp³-hybridized carbons (Fsp3) is 0.0250. The van der Waals surface area contributed by atoms with Crippen molar-refractivity contribution in [3.8, 4) is 39.4 Å². The number of aryl methyl sites for hydroxylation is 1. The van der Waals surface area contributed by atoms with E-state index < -0.39 is 0 Å². The summed E-state index contributed by atoms with van der Waals surface area (Å²) in [6.45, 7) is 2.05. The predicted octanol–water partition coefficient (Wildman–Crippen LogP) is 11.0. The summed E-state index contributed by atoms with van der Waals surface area (Å²) in [5, 5.41) is 7.07. The van der Waals surface area contributed by atoms with Gasteiger partial charge >= 0.3 is 0 Å². The molecule has 0 N–H and O–H groups in total. The molecule has 0 saturated heterocycles. The summed E-state index contributed by atoms with van der Waals surface area (Å²) in [4.78, 5) is 4.79. The monoisotopic (exact) mass is 564 g/mol. The number of benzene rings is 7. The van der Waals surface area contributed by atoms with E-state index in [2.05, 4.69) is 109 Å². The van der Waals surface area contributed by atoms with Gasteiger partial charge in [-0.05, 0) is 93.2 Å². The summed E-state index contributed by atoms with van der Waals surface area (Å²) in [7, 11) is 0. The van der Waals surface area contributed by atoms with Crippen molar-refractivity contribution >= 4 is 54.5 Å². The molecule has 1 aliphatic heterocycles.